The number of nitrogens with zero attached hydrogens (tertiary/aromatic N) is 2. The monoisotopic (exact) mass is 387 g/mol. The van der Waals surface area contributed by atoms with Gasteiger partial charge in [-0.1, -0.05) is 30.3 Å². The molecule has 1 fully saturated rings. The number of hydrogen-bond donors (Lipinski definition) is 3. The van der Waals surface area contributed by atoms with Crippen LogP contribution < -0.4 is 10.6 Å². The highest BCUT2D eigenvalue weighted by atomic mass is 16.2. The Hall–Kier alpha value is -3.74. The number of rotatable bonds is 7. The zero-order valence-electron chi connectivity index (χ0n) is 15.8. The van der Waals surface area contributed by atoms with E-state index in [2.05, 4.69) is 25.8 Å². The molecule has 0 saturated heterocycles. The number of aromatic nitrogens is 3. The summed E-state index contributed by atoms with van der Waals surface area (Å²) >= 11 is 0. The summed E-state index contributed by atoms with van der Waals surface area (Å²) in [6.07, 6.45) is 5.43. The minimum absolute atomic E-state index is 0.106. The third kappa shape index (κ3) is 5.16. The maximum atomic E-state index is 12.1. The first kappa shape index (κ1) is 18.6. The Labute approximate surface area is 168 Å². The van der Waals surface area contributed by atoms with Crippen molar-refractivity contribution in [3.05, 3.63) is 72.1 Å². The zero-order valence-corrected chi connectivity index (χ0v) is 15.8. The van der Waals surface area contributed by atoms with Gasteiger partial charge < -0.3 is 10.6 Å². The van der Waals surface area contributed by atoms with E-state index in [1.807, 2.05) is 42.5 Å². The van der Waals surface area contributed by atoms with Crippen molar-refractivity contribution in [3.8, 4) is 11.4 Å². The Morgan fingerprint density at radius 1 is 1.07 bits per heavy atom. The highest BCUT2D eigenvalue weighted by Crippen LogP contribution is 2.38. The second-order valence-electron chi connectivity index (χ2n) is 6.91. The standard InChI is InChI=1S/C22H21N5O2/c28-19(13-6-15-4-2-1-3-5-15)23-14-20(29)24-18-11-9-17(10-12-18)22-25-21(26-27-22)16-7-8-16/h1-6,9-13,16H,7-8,14H2,(H,23,28)(H,24,29)(H,25,26,27)/b13-6+. The first-order valence-corrected chi connectivity index (χ1v) is 9.51. The van der Waals surface area contributed by atoms with Crippen LogP contribution in [0.2, 0.25) is 0 Å². The van der Waals surface area contributed by atoms with Gasteiger partial charge in [0.25, 0.3) is 0 Å². The molecule has 1 saturated carbocycles. The average Bonchev–Trinajstić information content (AvgIpc) is 3.49. The van der Waals surface area contributed by atoms with E-state index in [0.29, 0.717) is 17.4 Å². The SMILES string of the molecule is O=C(/C=C/c1ccccc1)NCC(=O)Nc1ccc(-c2n[nH]c(C3CC3)n2)cc1. The van der Waals surface area contributed by atoms with Gasteiger partial charge in [0.2, 0.25) is 11.8 Å². The molecule has 1 heterocycles. The average molecular weight is 387 g/mol. The van der Waals surface area contributed by atoms with E-state index in [0.717, 1.165) is 29.8 Å². The van der Waals surface area contributed by atoms with Crippen LogP contribution in [0, 0.1) is 0 Å². The van der Waals surface area contributed by atoms with Crippen molar-refractivity contribution in [1.82, 2.24) is 20.5 Å². The molecule has 4 rings (SSSR count). The molecule has 7 nitrogen and oxygen atoms in total. The van der Waals surface area contributed by atoms with Crippen LogP contribution >= 0.6 is 0 Å². The van der Waals surface area contributed by atoms with Crippen LogP contribution in [0.4, 0.5) is 5.69 Å². The topological polar surface area (TPSA) is 99.8 Å². The summed E-state index contributed by atoms with van der Waals surface area (Å²) < 4.78 is 0. The molecule has 3 aromatic rings. The lowest BCUT2D eigenvalue weighted by atomic mass is 10.2. The summed E-state index contributed by atoms with van der Waals surface area (Å²) in [6, 6.07) is 16.8. The first-order valence-electron chi connectivity index (χ1n) is 9.51. The van der Waals surface area contributed by atoms with Crippen LogP contribution in [-0.4, -0.2) is 33.5 Å². The number of aromatic amines is 1. The van der Waals surface area contributed by atoms with Crippen molar-refractivity contribution in [1.29, 1.82) is 0 Å². The number of hydrogen-bond acceptors (Lipinski definition) is 4. The van der Waals surface area contributed by atoms with E-state index < -0.39 is 0 Å². The maximum absolute atomic E-state index is 12.1. The molecule has 146 valence electrons. The van der Waals surface area contributed by atoms with Gasteiger partial charge in [-0.25, -0.2) is 4.98 Å². The molecule has 0 atom stereocenters. The minimum Gasteiger partial charge on any atom is -0.343 e. The smallest absolute Gasteiger partial charge is 0.244 e. The fourth-order valence-electron chi connectivity index (χ4n) is 2.81. The maximum Gasteiger partial charge on any atom is 0.244 e. The minimum atomic E-state index is -0.324. The summed E-state index contributed by atoms with van der Waals surface area (Å²) in [6.45, 7) is -0.106. The first-order chi connectivity index (χ1) is 14.2. The van der Waals surface area contributed by atoms with Gasteiger partial charge in [0, 0.05) is 23.2 Å². The lowest BCUT2D eigenvalue weighted by Crippen LogP contribution is -2.31. The molecule has 3 N–H and O–H groups in total. The van der Waals surface area contributed by atoms with E-state index in [1.165, 1.54) is 6.08 Å². The molecule has 0 bridgehead atoms. The van der Waals surface area contributed by atoms with Crippen molar-refractivity contribution < 1.29 is 9.59 Å². The second kappa shape index (κ2) is 8.52. The summed E-state index contributed by atoms with van der Waals surface area (Å²) in [5.41, 5.74) is 2.44. The third-order valence-corrected chi connectivity index (χ3v) is 4.54. The lowest BCUT2D eigenvalue weighted by molar-refractivity contribution is -0.121. The summed E-state index contributed by atoms with van der Waals surface area (Å²) in [5.74, 6) is 1.49. The number of carbonyl (C=O) groups excluding carboxylic acids is 2. The van der Waals surface area contributed by atoms with Crippen LogP contribution in [0.5, 0.6) is 0 Å². The molecule has 2 amide bonds. The van der Waals surface area contributed by atoms with Crippen LogP contribution in [0.25, 0.3) is 17.5 Å². The van der Waals surface area contributed by atoms with Gasteiger partial charge in [-0.05, 0) is 48.7 Å². The molecule has 2 aromatic carbocycles. The summed E-state index contributed by atoms with van der Waals surface area (Å²) in [5, 5.41) is 12.6. The highest BCUT2D eigenvalue weighted by Gasteiger charge is 2.27. The van der Waals surface area contributed by atoms with E-state index in [4.69, 9.17) is 0 Å². The Morgan fingerprint density at radius 3 is 2.55 bits per heavy atom. The van der Waals surface area contributed by atoms with Crippen molar-refractivity contribution >= 4 is 23.6 Å². The number of benzene rings is 2. The van der Waals surface area contributed by atoms with Crippen LogP contribution in [0.3, 0.4) is 0 Å². The summed E-state index contributed by atoms with van der Waals surface area (Å²) in [4.78, 5) is 28.4. The zero-order chi connectivity index (χ0) is 20.1. The van der Waals surface area contributed by atoms with Crippen molar-refractivity contribution in [3.63, 3.8) is 0 Å². The molecule has 0 unspecified atom stereocenters. The number of amides is 2. The Balaban J connectivity index is 1.25. The van der Waals surface area contributed by atoms with Crippen LogP contribution in [0.15, 0.2) is 60.7 Å². The predicted octanol–water partition coefficient (Wildman–Crippen LogP) is 3.12. The fourth-order valence-corrected chi connectivity index (χ4v) is 2.81. The lowest BCUT2D eigenvalue weighted by Gasteiger charge is -2.06. The number of anilines is 1. The normalized spacial score (nSPS) is 13.4. The molecule has 29 heavy (non-hydrogen) atoms. The molecule has 0 radical (unpaired) electrons. The van der Waals surface area contributed by atoms with Gasteiger partial charge in [-0.2, -0.15) is 5.10 Å². The van der Waals surface area contributed by atoms with E-state index in [9.17, 15) is 9.59 Å². The van der Waals surface area contributed by atoms with Crippen molar-refractivity contribution in [2.75, 3.05) is 11.9 Å². The van der Waals surface area contributed by atoms with Gasteiger partial charge in [0.05, 0.1) is 6.54 Å². The van der Waals surface area contributed by atoms with E-state index in [1.54, 1.807) is 18.2 Å². The predicted molar refractivity (Wildman–Crippen MR) is 111 cm³/mol. The van der Waals surface area contributed by atoms with Gasteiger partial charge in [-0.15, -0.1) is 0 Å². The number of carbonyl (C=O) groups is 2. The van der Waals surface area contributed by atoms with Gasteiger partial charge in [-0.3, -0.25) is 14.7 Å². The number of H-pyrrole nitrogens is 1. The van der Waals surface area contributed by atoms with Gasteiger partial charge in [0.1, 0.15) is 5.82 Å². The van der Waals surface area contributed by atoms with Gasteiger partial charge >= 0.3 is 0 Å². The van der Waals surface area contributed by atoms with Gasteiger partial charge in [0.15, 0.2) is 5.82 Å². The second-order valence-corrected chi connectivity index (χ2v) is 6.91. The van der Waals surface area contributed by atoms with Crippen LogP contribution in [0.1, 0.15) is 30.1 Å². The molecule has 0 spiro atoms. The molecule has 1 aliphatic carbocycles. The van der Waals surface area contributed by atoms with E-state index >= 15 is 0 Å². The fraction of sp³-hybridized carbons (Fsp3) is 0.182. The van der Waals surface area contributed by atoms with Crippen molar-refractivity contribution in [2.45, 2.75) is 18.8 Å². The molecule has 7 heteroatoms. The number of nitrogens with one attached hydrogen (secondary N) is 3. The Kier molecular flexibility index (Phi) is 5.47. The Bertz CT molecular complexity index is 1020. The van der Waals surface area contributed by atoms with E-state index in [-0.39, 0.29) is 18.4 Å². The Morgan fingerprint density at radius 2 is 1.83 bits per heavy atom. The van der Waals surface area contributed by atoms with Crippen LogP contribution in [-0.2, 0) is 9.59 Å². The molecule has 0 aliphatic heterocycles. The molecular weight excluding hydrogens is 366 g/mol. The largest absolute Gasteiger partial charge is 0.343 e. The highest BCUT2D eigenvalue weighted by molar-refractivity contribution is 5.98. The summed E-state index contributed by atoms with van der Waals surface area (Å²) in [7, 11) is 0. The third-order valence-electron chi connectivity index (χ3n) is 4.54. The molecule has 1 aromatic heterocycles. The molecule has 1 aliphatic rings. The quantitative estimate of drug-likeness (QED) is 0.542. The van der Waals surface area contributed by atoms with Crippen molar-refractivity contribution in [2.24, 2.45) is 0 Å². The molecular formula is C22H21N5O2.